The average Bonchev–Trinajstić information content (AvgIpc) is 3.06. The van der Waals surface area contributed by atoms with Crippen LogP contribution < -0.4 is 0 Å². The molecule has 1 aromatic rings. The number of hydrogen-bond acceptors (Lipinski definition) is 6. The van der Waals surface area contributed by atoms with Crippen LogP contribution in [0, 0.1) is 16.7 Å². The Balaban J connectivity index is 1.64. The summed E-state index contributed by atoms with van der Waals surface area (Å²) in [4.78, 5) is 5.86. The van der Waals surface area contributed by atoms with Gasteiger partial charge in [0.05, 0.1) is 17.2 Å². The lowest BCUT2D eigenvalue weighted by Crippen LogP contribution is -2.49. The Morgan fingerprint density at radius 2 is 1.97 bits per heavy atom. The number of likely N-dealkylation sites (tertiary alicyclic amines) is 2. The summed E-state index contributed by atoms with van der Waals surface area (Å²) in [7, 11) is 0. The van der Waals surface area contributed by atoms with Crippen LogP contribution in [-0.4, -0.2) is 70.9 Å². The minimum absolute atomic E-state index is 0.0184. The van der Waals surface area contributed by atoms with Crippen LogP contribution in [0.15, 0.2) is 0 Å². The Kier molecular flexibility index (Phi) is 7.96. The standard InChI is InChI=1S/C22H35ClN4O2S/c1-15-11-22(2,20-17(5-10-28)18(14-29)21(23)30-20)6-9-27(15)13-16-3-7-26(8-4-16)19(25)12-24/h12,15-16,24-25,28-29H,3-11,13-14H2,1-2H3/t15-,22?/m0/s1. The topological polar surface area (TPSA) is 94.6 Å². The number of aliphatic hydroxyl groups excluding tert-OH is 2. The van der Waals surface area contributed by atoms with Gasteiger partial charge in [0.2, 0.25) is 0 Å². The summed E-state index contributed by atoms with van der Waals surface area (Å²) in [5.41, 5.74) is 1.87. The van der Waals surface area contributed by atoms with Crippen molar-refractivity contribution in [1.29, 1.82) is 10.8 Å². The molecule has 8 heteroatoms. The highest BCUT2D eigenvalue weighted by atomic mass is 35.5. The van der Waals surface area contributed by atoms with Gasteiger partial charge in [-0.3, -0.25) is 5.41 Å². The first-order valence-corrected chi connectivity index (χ1v) is 12.1. The molecular weight excluding hydrogens is 420 g/mol. The molecule has 2 aliphatic rings. The molecule has 6 nitrogen and oxygen atoms in total. The molecule has 0 amide bonds. The number of nitrogens with zero attached hydrogens (tertiary/aromatic N) is 2. The van der Waals surface area contributed by atoms with Gasteiger partial charge in [-0.2, -0.15) is 0 Å². The molecule has 2 fully saturated rings. The zero-order valence-electron chi connectivity index (χ0n) is 18.1. The van der Waals surface area contributed by atoms with E-state index in [0.717, 1.165) is 69.2 Å². The summed E-state index contributed by atoms with van der Waals surface area (Å²) in [6, 6.07) is 0.460. The first-order valence-electron chi connectivity index (χ1n) is 10.9. The molecule has 0 aromatic carbocycles. The number of rotatable bonds is 7. The van der Waals surface area contributed by atoms with Crippen molar-refractivity contribution in [3.63, 3.8) is 0 Å². The smallest absolute Gasteiger partial charge is 0.138 e. The maximum atomic E-state index is 9.77. The lowest BCUT2D eigenvalue weighted by molar-refractivity contribution is 0.0814. The molecule has 2 saturated heterocycles. The number of amidine groups is 1. The molecule has 1 aromatic heterocycles. The highest BCUT2D eigenvalue weighted by molar-refractivity contribution is 7.16. The monoisotopic (exact) mass is 454 g/mol. The van der Waals surface area contributed by atoms with Gasteiger partial charge in [0.25, 0.3) is 0 Å². The number of halogens is 1. The average molecular weight is 455 g/mol. The van der Waals surface area contributed by atoms with Crippen molar-refractivity contribution in [3.05, 3.63) is 20.3 Å². The molecule has 1 unspecified atom stereocenters. The predicted molar refractivity (Wildman–Crippen MR) is 124 cm³/mol. The Bertz CT molecular complexity index is 763. The van der Waals surface area contributed by atoms with Crippen LogP contribution in [-0.2, 0) is 18.4 Å². The molecule has 2 atom stereocenters. The van der Waals surface area contributed by atoms with E-state index in [1.54, 1.807) is 11.3 Å². The first-order chi connectivity index (χ1) is 14.3. The molecule has 168 valence electrons. The molecule has 0 radical (unpaired) electrons. The van der Waals surface area contributed by atoms with Crippen LogP contribution in [0.2, 0.25) is 4.34 Å². The number of piperidine rings is 2. The van der Waals surface area contributed by atoms with E-state index < -0.39 is 0 Å². The number of thiophene rings is 1. The van der Waals surface area contributed by atoms with Crippen molar-refractivity contribution in [1.82, 2.24) is 9.80 Å². The summed E-state index contributed by atoms with van der Waals surface area (Å²) in [5.74, 6) is 0.972. The van der Waals surface area contributed by atoms with Gasteiger partial charge in [-0.05, 0) is 57.1 Å². The minimum Gasteiger partial charge on any atom is -0.396 e. The molecule has 30 heavy (non-hydrogen) atoms. The van der Waals surface area contributed by atoms with Crippen LogP contribution in [0.4, 0.5) is 0 Å². The Morgan fingerprint density at radius 3 is 2.53 bits per heavy atom. The largest absolute Gasteiger partial charge is 0.396 e. The molecule has 3 rings (SSSR count). The van der Waals surface area contributed by atoms with Gasteiger partial charge < -0.3 is 25.4 Å². The van der Waals surface area contributed by atoms with E-state index in [4.69, 9.17) is 22.4 Å². The van der Waals surface area contributed by atoms with Crippen LogP contribution in [0.1, 0.15) is 55.5 Å². The lowest BCUT2D eigenvalue weighted by Gasteiger charge is -2.46. The van der Waals surface area contributed by atoms with Crippen molar-refractivity contribution < 1.29 is 10.2 Å². The van der Waals surface area contributed by atoms with E-state index in [0.29, 0.717) is 28.6 Å². The molecule has 2 aliphatic heterocycles. The second kappa shape index (κ2) is 10.1. The lowest BCUT2D eigenvalue weighted by atomic mass is 9.74. The van der Waals surface area contributed by atoms with Gasteiger partial charge in [-0.25, -0.2) is 0 Å². The quantitative estimate of drug-likeness (QED) is 0.374. The minimum atomic E-state index is -0.0729. The van der Waals surface area contributed by atoms with Crippen LogP contribution in [0.25, 0.3) is 0 Å². The molecule has 0 bridgehead atoms. The summed E-state index contributed by atoms with van der Waals surface area (Å²) in [6.45, 7) is 8.51. The number of nitrogens with one attached hydrogen (secondary N) is 2. The van der Waals surface area contributed by atoms with Crippen LogP contribution in [0.5, 0.6) is 0 Å². The molecule has 4 N–H and O–H groups in total. The normalized spacial score (nSPS) is 26.2. The zero-order valence-corrected chi connectivity index (χ0v) is 19.7. The van der Waals surface area contributed by atoms with Crippen molar-refractivity contribution in [3.8, 4) is 0 Å². The van der Waals surface area contributed by atoms with E-state index in [1.807, 2.05) is 4.90 Å². The second-order valence-electron chi connectivity index (χ2n) is 9.11. The zero-order chi connectivity index (χ0) is 21.9. The number of aliphatic hydroxyl groups is 2. The van der Waals surface area contributed by atoms with Gasteiger partial charge in [0.15, 0.2) is 0 Å². The van der Waals surface area contributed by atoms with Crippen molar-refractivity contribution in [2.24, 2.45) is 5.92 Å². The summed E-state index contributed by atoms with van der Waals surface area (Å²) in [6.07, 6.45) is 5.94. The van der Waals surface area contributed by atoms with Gasteiger partial charge in [0, 0.05) is 48.1 Å². The third-order valence-electron chi connectivity index (χ3n) is 7.04. The van der Waals surface area contributed by atoms with Gasteiger partial charge in [0.1, 0.15) is 5.84 Å². The van der Waals surface area contributed by atoms with Crippen molar-refractivity contribution in [2.45, 2.75) is 64.0 Å². The highest BCUT2D eigenvalue weighted by Crippen LogP contribution is 2.46. The maximum absolute atomic E-state index is 9.77. The van der Waals surface area contributed by atoms with Gasteiger partial charge >= 0.3 is 0 Å². The molecule has 0 aliphatic carbocycles. The third-order valence-corrected chi connectivity index (χ3v) is 8.87. The fourth-order valence-electron chi connectivity index (χ4n) is 5.24. The predicted octanol–water partition coefficient (Wildman–Crippen LogP) is 3.51. The Hall–Kier alpha value is -0.990. The Morgan fingerprint density at radius 1 is 1.27 bits per heavy atom. The first kappa shape index (κ1) is 23.7. The third kappa shape index (κ3) is 4.91. The Labute approximate surface area is 188 Å². The van der Waals surface area contributed by atoms with Gasteiger partial charge in [-0.1, -0.05) is 18.5 Å². The highest BCUT2D eigenvalue weighted by Gasteiger charge is 2.40. The van der Waals surface area contributed by atoms with Crippen LogP contribution >= 0.6 is 22.9 Å². The van der Waals surface area contributed by atoms with Crippen LogP contribution in [0.3, 0.4) is 0 Å². The van der Waals surface area contributed by atoms with Crippen molar-refractivity contribution >= 4 is 35.0 Å². The summed E-state index contributed by atoms with van der Waals surface area (Å²) in [5, 5.41) is 34.4. The molecule has 0 saturated carbocycles. The van der Waals surface area contributed by atoms with E-state index in [2.05, 4.69) is 18.7 Å². The van der Waals surface area contributed by atoms with Crippen molar-refractivity contribution in [2.75, 3.05) is 32.8 Å². The van der Waals surface area contributed by atoms with E-state index in [-0.39, 0.29) is 18.6 Å². The fraction of sp³-hybridized carbons (Fsp3) is 0.727. The maximum Gasteiger partial charge on any atom is 0.138 e. The van der Waals surface area contributed by atoms with E-state index in [1.165, 1.54) is 4.88 Å². The number of hydrogen-bond donors (Lipinski definition) is 4. The molecule has 0 spiro atoms. The fourth-order valence-corrected chi connectivity index (χ4v) is 6.92. The summed E-state index contributed by atoms with van der Waals surface area (Å²) >= 11 is 8.03. The van der Waals surface area contributed by atoms with E-state index in [9.17, 15) is 10.2 Å². The summed E-state index contributed by atoms with van der Waals surface area (Å²) < 4.78 is 0.662. The molecule has 3 heterocycles. The second-order valence-corrected chi connectivity index (χ2v) is 10.7. The van der Waals surface area contributed by atoms with E-state index >= 15 is 0 Å². The van der Waals surface area contributed by atoms with Gasteiger partial charge in [-0.15, -0.1) is 11.3 Å². The SMILES string of the molecule is C[C@H]1CC(C)(c2sc(Cl)c(CO)c2CCO)CCN1CC1CCN(C(=N)C=N)CC1. The molecular formula is C22H35ClN4O2S.